The van der Waals surface area contributed by atoms with E-state index in [-0.39, 0.29) is 30.2 Å². The Morgan fingerprint density at radius 2 is 1.68 bits per heavy atom. The minimum atomic E-state index is -0.829. The quantitative estimate of drug-likeness (QED) is 0.430. The summed E-state index contributed by atoms with van der Waals surface area (Å²) in [5, 5.41) is 0. The molecule has 4 rings (SSSR count). The summed E-state index contributed by atoms with van der Waals surface area (Å²) in [5.41, 5.74) is 6.05. The van der Waals surface area contributed by atoms with Crippen molar-refractivity contribution in [1.29, 1.82) is 0 Å². The lowest BCUT2D eigenvalue weighted by molar-refractivity contribution is -0.127. The Bertz CT molecular complexity index is 1220. The van der Waals surface area contributed by atoms with E-state index in [1.54, 1.807) is 6.07 Å². The van der Waals surface area contributed by atoms with Crippen molar-refractivity contribution in [2.45, 2.75) is 52.4 Å². The molecule has 34 heavy (non-hydrogen) atoms. The van der Waals surface area contributed by atoms with E-state index in [4.69, 9.17) is 0 Å². The van der Waals surface area contributed by atoms with Crippen molar-refractivity contribution in [3.05, 3.63) is 88.4 Å². The van der Waals surface area contributed by atoms with Crippen LogP contribution in [0.1, 0.15) is 53.0 Å². The number of hydrogen-bond acceptors (Lipinski definition) is 4. The molecule has 2 atom stereocenters. The highest BCUT2D eigenvalue weighted by molar-refractivity contribution is 6.15. The number of aryl methyl sites for hydroxylation is 4. The zero-order chi connectivity index (χ0) is 24.4. The smallest absolute Gasteiger partial charge is 0.151 e. The van der Waals surface area contributed by atoms with Gasteiger partial charge < -0.3 is 0 Å². The highest BCUT2D eigenvalue weighted by Crippen LogP contribution is 2.38. The fourth-order valence-electron chi connectivity index (χ4n) is 4.87. The van der Waals surface area contributed by atoms with Gasteiger partial charge in [-0.05, 0) is 73.7 Å². The molecule has 0 N–H and O–H groups in total. The fraction of sp³-hybridized carbons (Fsp3) is 0.310. The number of benzene rings is 2. The first-order valence-electron chi connectivity index (χ1n) is 11.6. The van der Waals surface area contributed by atoms with E-state index in [9.17, 15) is 18.8 Å². The van der Waals surface area contributed by atoms with Gasteiger partial charge in [-0.15, -0.1) is 0 Å². The van der Waals surface area contributed by atoms with Crippen molar-refractivity contribution in [3.63, 3.8) is 0 Å². The number of hydrogen-bond donors (Lipinski definition) is 0. The summed E-state index contributed by atoms with van der Waals surface area (Å²) in [6, 6.07) is 14.8. The predicted octanol–water partition coefficient (Wildman–Crippen LogP) is 5.65. The van der Waals surface area contributed by atoms with Crippen LogP contribution in [0, 0.1) is 32.5 Å². The molecule has 1 saturated carbocycles. The summed E-state index contributed by atoms with van der Waals surface area (Å²) >= 11 is 0. The van der Waals surface area contributed by atoms with Gasteiger partial charge in [0.1, 0.15) is 23.3 Å². The van der Waals surface area contributed by atoms with Gasteiger partial charge in [-0.2, -0.15) is 0 Å². The largest absolute Gasteiger partial charge is 0.300 e. The van der Waals surface area contributed by atoms with E-state index in [1.165, 1.54) is 17.8 Å². The van der Waals surface area contributed by atoms with Crippen LogP contribution in [-0.4, -0.2) is 22.3 Å². The van der Waals surface area contributed by atoms with Gasteiger partial charge >= 0.3 is 0 Å². The Morgan fingerprint density at radius 1 is 1.00 bits per heavy atom. The van der Waals surface area contributed by atoms with Crippen LogP contribution in [0.4, 0.5) is 4.39 Å². The summed E-state index contributed by atoms with van der Waals surface area (Å²) in [7, 11) is 0. The van der Waals surface area contributed by atoms with Crippen molar-refractivity contribution >= 4 is 17.3 Å². The molecule has 0 bridgehead atoms. The van der Waals surface area contributed by atoms with Crippen LogP contribution in [0.15, 0.2) is 54.7 Å². The van der Waals surface area contributed by atoms with Gasteiger partial charge in [-0.25, -0.2) is 4.39 Å². The first-order chi connectivity index (χ1) is 16.2. The Morgan fingerprint density at radius 3 is 2.29 bits per heavy atom. The van der Waals surface area contributed by atoms with E-state index >= 15 is 0 Å². The average Bonchev–Trinajstić information content (AvgIpc) is 3.06. The molecular formula is C29H28FNO3. The molecule has 1 fully saturated rings. The van der Waals surface area contributed by atoms with E-state index in [0.29, 0.717) is 18.5 Å². The maximum absolute atomic E-state index is 13.2. The molecule has 1 aromatic heterocycles. The molecule has 174 valence electrons. The number of aromatic nitrogens is 1. The lowest BCUT2D eigenvalue weighted by Crippen LogP contribution is -2.19. The standard InChI is InChI=1S/C29H28FNO3/c1-17-4-6-20(7-5-17)8-10-24(32)14-22-15-26(33)28(29(22)34)27-18(2)12-21(13-19(27)3)25-11-9-23(30)16-31-25/h4-7,9,11-13,16,22,28H,8,10,14-15H2,1-3H3. The highest BCUT2D eigenvalue weighted by Gasteiger charge is 2.43. The third-order valence-corrected chi connectivity index (χ3v) is 6.65. The van der Waals surface area contributed by atoms with E-state index in [2.05, 4.69) is 4.98 Å². The first-order valence-corrected chi connectivity index (χ1v) is 11.6. The van der Waals surface area contributed by atoms with Gasteiger partial charge in [0.15, 0.2) is 5.78 Å². The third kappa shape index (κ3) is 5.04. The molecule has 0 saturated heterocycles. The number of pyridine rings is 1. The van der Waals surface area contributed by atoms with Crippen LogP contribution in [0.3, 0.4) is 0 Å². The van der Waals surface area contributed by atoms with Crippen LogP contribution in [0.2, 0.25) is 0 Å². The number of halogens is 1. The summed E-state index contributed by atoms with van der Waals surface area (Å²) in [5.74, 6) is -2.06. The lowest BCUT2D eigenvalue weighted by atomic mass is 9.85. The van der Waals surface area contributed by atoms with E-state index in [1.807, 2.05) is 57.2 Å². The molecule has 1 aliphatic carbocycles. The second kappa shape index (κ2) is 9.80. The van der Waals surface area contributed by atoms with Crippen molar-refractivity contribution in [2.75, 3.05) is 0 Å². The molecule has 1 heterocycles. The molecular weight excluding hydrogens is 429 g/mol. The minimum Gasteiger partial charge on any atom is -0.300 e. The number of Topliss-reactive ketones (excluding diaryl/α,β-unsaturated/α-hetero) is 3. The highest BCUT2D eigenvalue weighted by atomic mass is 19.1. The molecule has 0 radical (unpaired) electrons. The lowest BCUT2D eigenvalue weighted by Gasteiger charge is -2.17. The molecule has 2 aromatic carbocycles. The normalized spacial score (nSPS) is 17.9. The number of rotatable bonds is 7. The molecule has 0 amide bonds. The summed E-state index contributed by atoms with van der Waals surface area (Å²) < 4.78 is 13.2. The number of nitrogens with zero attached hydrogens (tertiary/aromatic N) is 1. The summed E-state index contributed by atoms with van der Waals surface area (Å²) in [4.78, 5) is 42.9. The van der Waals surface area contributed by atoms with Gasteiger partial charge in [-0.3, -0.25) is 19.4 Å². The first kappa shape index (κ1) is 23.7. The number of carbonyl (C=O) groups excluding carboxylic acids is 3. The maximum atomic E-state index is 13.2. The molecule has 4 nitrogen and oxygen atoms in total. The maximum Gasteiger partial charge on any atom is 0.151 e. The Hall–Kier alpha value is -3.47. The van der Waals surface area contributed by atoms with Crippen molar-refractivity contribution in [1.82, 2.24) is 4.98 Å². The van der Waals surface area contributed by atoms with Crippen LogP contribution >= 0.6 is 0 Å². The third-order valence-electron chi connectivity index (χ3n) is 6.65. The Labute approximate surface area is 199 Å². The summed E-state index contributed by atoms with van der Waals surface area (Å²) in [6.45, 7) is 5.76. The van der Waals surface area contributed by atoms with Gasteiger partial charge in [0.2, 0.25) is 0 Å². The van der Waals surface area contributed by atoms with Gasteiger partial charge in [0, 0.05) is 30.7 Å². The average molecular weight is 458 g/mol. The van der Waals surface area contributed by atoms with Gasteiger partial charge in [-0.1, -0.05) is 29.8 Å². The minimum absolute atomic E-state index is 0.0125. The van der Waals surface area contributed by atoms with Crippen LogP contribution in [-0.2, 0) is 20.8 Å². The second-order valence-corrected chi connectivity index (χ2v) is 9.32. The zero-order valence-electron chi connectivity index (χ0n) is 19.7. The number of carbonyl (C=O) groups is 3. The topological polar surface area (TPSA) is 64.1 Å². The van der Waals surface area contributed by atoms with Crippen LogP contribution < -0.4 is 0 Å². The Kier molecular flexibility index (Phi) is 6.82. The van der Waals surface area contributed by atoms with E-state index < -0.39 is 17.7 Å². The molecule has 3 aromatic rings. The molecule has 0 aliphatic heterocycles. The van der Waals surface area contributed by atoms with Crippen molar-refractivity contribution in [2.24, 2.45) is 5.92 Å². The molecule has 2 unspecified atom stereocenters. The van der Waals surface area contributed by atoms with Crippen LogP contribution in [0.25, 0.3) is 11.3 Å². The molecule has 1 aliphatic rings. The zero-order valence-corrected chi connectivity index (χ0v) is 19.7. The fourth-order valence-corrected chi connectivity index (χ4v) is 4.87. The van der Waals surface area contributed by atoms with Crippen molar-refractivity contribution < 1.29 is 18.8 Å². The molecule has 5 heteroatoms. The van der Waals surface area contributed by atoms with Crippen molar-refractivity contribution in [3.8, 4) is 11.3 Å². The summed E-state index contributed by atoms with van der Waals surface area (Å²) in [6.07, 6.45) is 2.39. The van der Waals surface area contributed by atoms with Gasteiger partial charge in [0.05, 0.1) is 11.9 Å². The SMILES string of the molecule is Cc1ccc(CCC(=O)CC2CC(=O)C(c3c(C)cc(-c4ccc(F)cn4)cc3C)C2=O)cc1. The molecule has 0 spiro atoms. The van der Waals surface area contributed by atoms with Crippen LogP contribution in [0.5, 0.6) is 0 Å². The predicted molar refractivity (Wildman–Crippen MR) is 129 cm³/mol. The Balaban J connectivity index is 1.47. The monoisotopic (exact) mass is 457 g/mol. The van der Waals surface area contributed by atoms with E-state index in [0.717, 1.165) is 27.8 Å². The van der Waals surface area contributed by atoms with Gasteiger partial charge in [0.25, 0.3) is 0 Å². The second-order valence-electron chi connectivity index (χ2n) is 9.32. The number of ketones is 3.